The molecule has 3 aliphatic heterocycles. The van der Waals surface area contributed by atoms with E-state index in [0.717, 1.165) is 29.8 Å². The number of hydrogen-bond donors (Lipinski definition) is 0. The van der Waals surface area contributed by atoms with E-state index in [9.17, 15) is 4.79 Å². The SMILES string of the molecule is O=C(Cc1cn2ccsc2n1)N1C[C@@H]2C[C@H](C1)[C@@H]1CCCCN1C2. The number of amides is 1. The van der Waals surface area contributed by atoms with Crippen molar-refractivity contribution in [3.05, 3.63) is 23.5 Å². The number of aromatic nitrogens is 2. The van der Waals surface area contributed by atoms with Crippen LogP contribution in [-0.2, 0) is 11.2 Å². The molecule has 0 unspecified atom stereocenters. The van der Waals surface area contributed by atoms with Crippen LogP contribution < -0.4 is 0 Å². The Labute approximate surface area is 146 Å². The molecule has 24 heavy (non-hydrogen) atoms. The Hall–Kier alpha value is -1.40. The second kappa shape index (κ2) is 5.85. The van der Waals surface area contributed by atoms with Gasteiger partial charge in [0.2, 0.25) is 5.91 Å². The molecule has 5 heterocycles. The second-order valence-corrected chi connectivity index (χ2v) is 8.59. The molecular formula is C18H24N4OS. The lowest BCUT2D eigenvalue weighted by atomic mass is 9.76. The third kappa shape index (κ3) is 2.56. The average molecular weight is 344 g/mol. The van der Waals surface area contributed by atoms with E-state index >= 15 is 0 Å². The predicted molar refractivity (Wildman–Crippen MR) is 94.2 cm³/mol. The van der Waals surface area contributed by atoms with Crippen molar-refractivity contribution in [2.24, 2.45) is 11.8 Å². The molecule has 5 rings (SSSR count). The first-order valence-electron chi connectivity index (χ1n) is 9.19. The fourth-order valence-electron chi connectivity index (χ4n) is 5.10. The van der Waals surface area contributed by atoms with Gasteiger partial charge in [0, 0.05) is 43.4 Å². The Morgan fingerprint density at radius 1 is 1.29 bits per heavy atom. The summed E-state index contributed by atoms with van der Waals surface area (Å²) in [6, 6.07) is 0.726. The number of hydrogen-bond acceptors (Lipinski definition) is 4. The zero-order chi connectivity index (χ0) is 16.1. The van der Waals surface area contributed by atoms with Gasteiger partial charge < -0.3 is 4.90 Å². The minimum atomic E-state index is 0.264. The number of fused-ring (bicyclic) bond motifs is 5. The van der Waals surface area contributed by atoms with Crippen molar-refractivity contribution in [1.82, 2.24) is 19.2 Å². The molecule has 3 fully saturated rings. The van der Waals surface area contributed by atoms with Crippen molar-refractivity contribution >= 4 is 22.2 Å². The van der Waals surface area contributed by atoms with Crippen molar-refractivity contribution in [2.45, 2.75) is 38.1 Å². The molecule has 0 aliphatic carbocycles. The fourth-order valence-corrected chi connectivity index (χ4v) is 5.82. The van der Waals surface area contributed by atoms with Gasteiger partial charge in [0.15, 0.2) is 4.96 Å². The van der Waals surface area contributed by atoms with Gasteiger partial charge in [-0.05, 0) is 37.6 Å². The number of nitrogens with zero attached hydrogens (tertiary/aromatic N) is 4. The van der Waals surface area contributed by atoms with Gasteiger partial charge in [-0.2, -0.15) is 0 Å². The van der Waals surface area contributed by atoms with Gasteiger partial charge in [-0.3, -0.25) is 14.1 Å². The van der Waals surface area contributed by atoms with Gasteiger partial charge in [-0.1, -0.05) is 6.42 Å². The highest BCUT2D eigenvalue weighted by molar-refractivity contribution is 7.15. The molecule has 1 amide bonds. The number of piperidine rings is 3. The van der Waals surface area contributed by atoms with Crippen LogP contribution in [0.25, 0.3) is 4.96 Å². The highest BCUT2D eigenvalue weighted by Gasteiger charge is 2.42. The molecule has 3 atom stereocenters. The Morgan fingerprint density at radius 3 is 3.17 bits per heavy atom. The lowest BCUT2D eigenvalue weighted by Gasteiger charge is -2.52. The van der Waals surface area contributed by atoms with Crippen LogP contribution in [0.1, 0.15) is 31.4 Å². The summed E-state index contributed by atoms with van der Waals surface area (Å²) in [7, 11) is 0. The maximum atomic E-state index is 12.8. The first-order chi connectivity index (χ1) is 11.8. The highest BCUT2D eigenvalue weighted by Crippen LogP contribution is 2.37. The fraction of sp³-hybridized carbons (Fsp3) is 0.667. The van der Waals surface area contributed by atoms with Crippen LogP contribution in [0.5, 0.6) is 0 Å². The van der Waals surface area contributed by atoms with Crippen molar-refractivity contribution in [3.8, 4) is 0 Å². The number of carbonyl (C=O) groups is 1. The Bertz CT molecular complexity index is 725. The first kappa shape index (κ1) is 14.9. The molecule has 0 N–H and O–H groups in total. The maximum Gasteiger partial charge on any atom is 0.228 e. The Balaban J connectivity index is 1.29. The number of imidazole rings is 1. The van der Waals surface area contributed by atoms with Crippen LogP contribution in [0.4, 0.5) is 0 Å². The van der Waals surface area contributed by atoms with Crippen molar-refractivity contribution in [2.75, 3.05) is 26.2 Å². The minimum Gasteiger partial charge on any atom is -0.342 e. The van der Waals surface area contributed by atoms with Gasteiger partial charge in [0.05, 0.1) is 12.1 Å². The second-order valence-electron chi connectivity index (χ2n) is 7.72. The maximum absolute atomic E-state index is 12.8. The highest BCUT2D eigenvalue weighted by atomic mass is 32.1. The van der Waals surface area contributed by atoms with E-state index in [0.29, 0.717) is 18.3 Å². The molecular weight excluding hydrogens is 320 g/mol. The number of likely N-dealkylation sites (tertiary alicyclic amines) is 1. The van der Waals surface area contributed by atoms with E-state index in [1.165, 1.54) is 38.8 Å². The summed E-state index contributed by atoms with van der Waals surface area (Å²) in [5.41, 5.74) is 0.905. The zero-order valence-electron chi connectivity index (χ0n) is 13.9. The summed E-state index contributed by atoms with van der Waals surface area (Å²) in [4.78, 5) is 23.2. The molecule has 0 aromatic carbocycles. The summed E-state index contributed by atoms with van der Waals surface area (Å²) in [6.07, 6.45) is 9.82. The van der Waals surface area contributed by atoms with E-state index in [1.54, 1.807) is 11.3 Å². The topological polar surface area (TPSA) is 40.9 Å². The van der Waals surface area contributed by atoms with Crippen LogP contribution in [0, 0.1) is 11.8 Å². The smallest absolute Gasteiger partial charge is 0.228 e. The molecule has 2 aromatic rings. The standard InChI is InChI=1S/C18H24N4OS/c23-17(8-15-12-21-5-6-24-18(21)19-15)22-10-13-7-14(11-22)16-3-1-2-4-20(16)9-13/h5-6,12-14,16H,1-4,7-11H2/t13-,14-,16+/m1/s1. The largest absolute Gasteiger partial charge is 0.342 e. The van der Waals surface area contributed by atoms with Crippen LogP contribution in [0.3, 0.4) is 0 Å². The Kier molecular flexibility index (Phi) is 3.63. The normalized spacial score (nSPS) is 30.5. The monoisotopic (exact) mass is 344 g/mol. The summed E-state index contributed by atoms with van der Waals surface area (Å²) < 4.78 is 2.01. The first-order valence-corrected chi connectivity index (χ1v) is 10.1. The van der Waals surface area contributed by atoms with E-state index < -0.39 is 0 Å². The molecule has 6 heteroatoms. The molecule has 3 saturated heterocycles. The lowest BCUT2D eigenvalue weighted by Crippen LogP contribution is -2.59. The van der Waals surface area contributed by atoms with E-state index in [-0.39, 0.29) is 5.91 Å². The predicted octanol–water partition coefficient (Wildman–Crippen LogP) is 2.27. The quantitative estimate of drug-likeness (QED) is 0.839. The summed E-state index contributed by atoms with van der Waals surface area (Å²) in [6.45, 7) is 4.38. The molecule has 0 spiro atoms. The summed E-state index contributed by atoms with van der Waals surface area (Å²) >= 11 is 1.62. The van der Waals surface area contributed by atoms with Gasteiger partial charge in [-0.15, -0.1) is 11.3 Å². The van der Waals surface area contributed by atoms with Crippen LogP contribution >= 0.6 is 11.3 Å². The summed E-state index contributed by atoms with van der Waals surface area (Å²) in [5.74, 6) is 1.62. The summed E-state index contributed by atoms with van der Waals surface area (Å²) in [5, 5.41) is 2.02. The molecule has 2 aromatic heterocycles. The van der Waals surface area contributed by atoms with Gasteiger partial charge >= 0.3 is 0 Å². The van der Waals surface area contributed by atoms with E-state index in [2.05, 4.69) is 14.8 Å². The number of carbonyl (C=O) groups excluding carboxylic acids is 1. The van der Waals surface area contributed by atoms with E-state index in [4.69, 9.17) is 0 Å². The molecule has 128 valence electrons. The zero-order valence-corrected chi connectivity index (χ0v) is 14.7. The molecule has 3 aliphatic rings. The average Bonchev–Trinajstić information content (AvgIpc) is 3.16. The third-order valence-electron chi connectivity index (χ3n) is 6.10. The third-order valence-corrected chi connectivity index (χ3v) is 6.87. The van der Waals surface area contributed by atoms with Gasteiger partial charge in [0.25, 0.3) is 0 Å². The molecule has 0 saturated carbocycles. The van der Waals surface area contributed by atoms with Crippen molar-refractivity contribution in [1.29, 1.82) is 0 Å². The van der Waals surface area contributed by atoms with Crippen LogP contribution in [0.15, 0.2) is 17.8 Å². The molecule has 0 radical (unpaired) electrons. The van der Waals surface area contributed by atoms with Crippen molar-refractivity contribution < 1.29 is 4.79 Å². The lowest BCUT2D eigenvalue weighted by molar-refractivity contribution is -0.137. The van der Waals surface area contributed by atoms with Crippen LogP contribution in [-0.4, -0.2) is 57.3 Å². The van der Waals surface area contributed by atoms with Crippen LogP contribution in [0.2, 0.25) is 0 Å². The van der Waals surface area contributed by atoms with Gasteiger partial charge in [0.1, 0.15) is 0 Å². The Morgan fingerprint density at radius 2 is 2.25 bits per heavy atom. The number of thiazole rings is 1. The van der Waals surface area contributed by atoms with E-state index in [1.807, 2.05) is 22.2 Å². The van der Waals surface area contributed by atoms with Crippen molar-refractivity contribution in [3.63, 3.8) is 0 Å². The molecule has 2 bridgehead atoms. The molecule has 5 nitrogen and oxygen atoms in total. The van der Waals surface area contributed by atoms with Gasteiger partial charge in [-0.25, -0.2) is 4.98 Å². The minimum absolute atomic E-state index is 0.264. The number of rotatable bonds is 2.